The van der Waals surface area contributed by atoms with E-state index < -0.39 is 41.6 Å². The van der Waals surface area contributed by atoms with Crippen LogP contribution in [0.3, 0.4) is 0 Å². The molecule has 2 rings (SSSR count). The Labute approximate surface area is 218 Å². The van der Waals surface area contributed by atoms with Gasteiger partial charge in [0.1, 0.15) is 24.2 Å². The van der Waals surface area contributed by atoms with Gasteiger partial charge in [0.25, 0.3) is 0 Å². The van der Waals surface area contributed by atoms with Crippen molar-refractivity contribution in [1.29, 1.82) is 0 Å². The van der Waals surface area contributed by atoms with E-state index in [1.165, 1.54) is 12.0 Å². The second-order valence-electron chi connectivity index (χ2n) is 9.53. The third kappa shape index (κ3) is 9.59. The molecule has 0 spiro atoms. The number of ether oxygens (including phenoxy) is 2. The molecule has 0 fully saturated rings. The molecule has 0 aliphatic heterocycles. The summed E-state index contributed by atoms with van der Waals surface area (Å²) >= 11 is 0. The molecule has 2 N–H and O–H groups in total. The van der Waals surface area contributed by atoms with Crippen molar-refractivity contribution >= 4 is 23.9 Å². The van der Waals surface area contributed by atoms with Crippen molar-refractivity contribution in [2.75, 3.05) is 20.2 Å². The van der Waals surface area contributed by atoms with Gasteiger partial charge in [0.2, 0.25) is 11.8 Å². The fourth-order valence-corrected chi connectivity index (χ4v) is 3.74. The van der Waals surface area contributed by atoms with Crippen LogP contribution in [0.4, 0.5) is 4.79 Å². The minimum atomic E-state index is -1.03. The fourth-order valence-electron chi connectivity index (χ4n) is 3.74. The van der Waals surface area contributed by atoms with E-state index >= 15 is 0 Å². The number of benzene rings is 2. The van der Waals surface area contributed by atoms with Gasteiger partial charge in [-0.2, -0.15) is 0 Å². The summed E-state index contributed by atoms with van der Waals surface area (Å²) in [7, 11) is 1.23. The lowest BCUT2D eigenvalue weighted by molar-refractivity contribution is -0.144. The zero-order valence-corrected chi connectivity index (χ0v) is 22.2. The molecule has 2 atom stereocenters. The molecule has 0 bridgehead atoms. The van der Waals surface area contributed by atoms with Gasteiger partial charge in [-0.3, -0.25) is 14.4 Å². The number of alkyl carbamates (subject to hydrolysis) is 1. The minimum Gasteiger partial charge on any atom is -0.468 e. The molecule has 2 unspecified atom stereocenters. The molecule has 9 nitrogen and oxygen atoms in total. The quantitative estimate of drug-likeness (QED) is 0.447. The Morgan fingerprint density at radius 1 is 0.946 bits per heavy atom. The van der Waals surface area contributed by atoms with Crippen molar-refractivity contribution in [2.24, 2.45) is 0 Å². The number of esters is 1. The molecule has 0 aromatic heterocycles. The van der Waals surface area contributed by atoms with E-state index in [4.69, 9.17) is 4.74 Å². The normalized spacial score (nSPS) is 12.6. The van der Waals surface area contributed by atoms with Gasteiger partial charge in [0.05, 0.1) is 7.11 Å². The lowest BCUT2D eigenvalue weighted by Gasteiger charge is -2.34. The second-order valence-corrected chi connectivity index (χ2v) is 9.53. The second kappa shape index (κ2) is 14.0. The standard InChI is InChI=1S/C28H37N3O6/c1-6-17-31(24(21-15-11-8-12-16-21)25(33)29-19-23(32)36-5)26(34)22(18-20-13-9-7-10-14-20)30-27(35)37-28(2,3)4/h7-16,22,24H,6,17-19H2,1-5H3,(H,29,33)(H,30,35). The Bertz CT molecular complexity index is 1040. The molecule has 37 heavy (non-hydrogen) atoms. The van der Waals surface area contributed by atoms with Crippen molar-refractivity contribution in [3.8, 4) is 0 Å². The summed E-state index contributed by atoms with van der Waals surface area (Å²) in [4.78, 5) is 53.2. The number of hydrogen-bond acceptors (Lipinski definition) is 6. The third-order valence-electron chi connectivity index (χ3n) is 5.33. The van der Waals surface area contributed by atoms with Crippen LogP contribution in [0.1, 0.15) is 51.3 Å². The average molecular weight is 512 g/mol. The third-order valence-corrected chi connectivity index (χ3v) is 5.33. The van der Waals surface area contributed by atoms with Crippen molar-refractivity contribution in [3.05, 3.63) is 71.8 Å². The number of amides is 3. The molecule has 0 aliphatic rings. The van der Waals surface area contributed by atoms with Crippen LogP contribution in [0.25, 0.3) is 0 Å². The van der Waals surface area contributed by atoms with Crippen LogP contribution in [0.5, 0.6) is 0 Å². The largest absolute Gasteiger partial charge is 0.468 e. The topological polar surface area (TPSA) is 114 Å². The van der Waals surface area contributed by atoms with Gasteiger partial charge in [-0.05, 0) is 38.3 Å². The Balaban J connectivity index is 2.45. The SMILES string of the molecule is CCCN(C(=O)C(Cc1ccccc1)NC(=O)OC(C)(C)C)C(C(=O)NCC(=O)OC)c1ccccc1. The van der Waals surface area contributed by atoms with Gasteiger partial charge >= 0.3 is 12.1 Å². The van der Waals surface area contributed by atoms with Crippen LogP contribution in [0.15, 0.2) is 60.7 Å². The van der Waals surface area contributed by atoms with Gasteiger partial charge in [-0.25, -0.2) is 4.79 Å². The van der Waals surface area contributed by atoms with E-state index in [-0.39, 0.29) is 19.5 Å². The average Bonchev–Trinajstić information content (AvgIpc) is 2.86. The maximum Gasteiger partial charge on any atom is 0.408 e. The first-order valence-electron chi connectivity index (χ1n) is 12.3. The van der Waals surface area contributed by atoms with E-state index in [9.17, 15) is 19.2 Å². The number of hydrogen-bond donors (Lipinski definition) is 2. The van der Waals surface area contributed by atoms with Crippen LogP contribution in [-0.2, 0) is 30.3 Å². The summed E-state index contributed by atoms with van der Waals surface area (Å²) in [5.74, 6) is -1.59. The fraction of sp³-hybridized carbons (Fsp3) is 0.429. The molecule has 0 radical (unpaired) electrons. The molecule has 0 aliphatic carbocycles. The highest BCUT2D eigenvalue weighted by atomic mass is 16.6. The molecular formula is C28H37N3O6. The summed E-state index contributed by atoms with van der Waals surface area (Å²) in [6.07, 6.45) is 0.0264. The van der Waals surface area contributed by atoms with Crippen molar-refractivity contribution < 1.29 is 28.7 Å². The Hall–Kier alpha value is -3.88. The maximum absolute atomic E-state index is 14.0. The van der Waals surface area contributed by atoms with Crippen LogP contribution in [0.2, 0.25) is 0 Å². The lowest BCUT2D eigenvalue weighted by atomic mass is 10.00. The first kappa shape index (κ1) is 29.4. The molecule has 0 saturated heterocycles. The molecule has 0 heterocycles. The number of nitrogens with zero attached hydrogens (tertiary/aromatic N) is 1. The van der Waals surface area contributed by atoms with Crippen LogP contribution >= 0.6 is 0 Å². The predicted molar refractivity (Wildman–Crippen MR) is 140 cm³/mol. The Morgan fingerprint density at radius 2 is 1.54 bits per heavy atom. The van der Waals surface area contributed by atoms with Gasteiger partial charge < -0.3 is 25.0 Å². The zero-order valence-electron chi connectivity index (χ0n) is 22.2. The van der Waals surface area contributed by atoms with Crippen LogP contribution < -0.4 is 10.6 Å². The Kier molecular flexibility index (Phi) is 11.1. The monoisotopic (exact) mass is 511 g/mol. The Morgan fingerprint density at radius 3 is 2.08 bits per heavy atom. The molecule has 200 valence electrons. The van der Waals surface area contributed by atoms with E-state index in [1.807, 2.05) is 37.3 Å². The van der Waals surface area contributed by atoms with Gasteiger partial charge in [-0.15, -0.1) is 0 Å². The maximum atomic E-state index is 14.0. The van der Waals surface area contributed by atoms with Gasteiger partial charge in [0.15, 0.2) is 0 Å². The van der Waals surface area contributed by atoms with Crippen molar-refractivity contribution in [2.45, 2.75) is 58.2 Å². The molecule has 2 aromatic carbocycles. The van der Waals surface area contributed by atoms with Crippen molar-refractivity contribution in [1.82, 2.24) is 15.5 Å². The number of rotatable bonds is 11. The molecule has 3 amide bonds. The summed E-state index contributed by atoms with van der Waals surface area (Å²) in [6.45, 7) is 7.01. The summed E-state index contributed by atoms with van der Waals surface area (Å²) in [5.41, 5.74) is 0.649. The van der Waals surface area contributed by atoms with Crippen molar-refractivity contribution in [3.63, 3.8) is 0 Å². The molecule has 0 saturated carbocycles. The number of nitrogens with one attached hydrogen (secondary N) is 2. The van der Waals surface area contributed by atoms with E-state index in [0.717, 1.165) is 5.56 Å². The number of carbonyl (C=O) groups excluding carboxylic acids is 4. The molecule has 9 heteroatoms. The molecular weight excluding hydrogens is 474 g/mol. The highest BCUT2D eigenvalue weighted by Gasteiger charge is 2.36. The number of carbonyl (C=O) groups is 4. The predicted octanol–water partition coefficient (Wildman–Crippen LogP) is 3.39. The van der Waals surface area contributed by atoms with Gasteiger partial charge in [0, 0.05) is 13.0 Å². The zero-order chi connectivity index (χ0) is 27.4. The summed E-state index contributed by atoms with van der Waals surface area (Å²) in [6, 6.07) is 16.1. The highest BCUT2D eigenvalue weighted by molar-refractivity contribution is 5.93. The number of methoxy groups -OCH3 is 1. The van der Waals surface area contributed by atoms with Crippen LogP contribution in [-0.4, -0.2) is 60.6 Å². The first-order chi connectivity index (χ1) is 17.6. The minimum absolute atomic E-state index is 0.199. The lowest BCUT2D eigenvalue weighted by Crippen LogP contribution is -2.54. The van der Waals surface area contributed by atoms with E-state index in [0.29, 0.717) is 12.0 Å². The molecule has 2 aromatic rings. The van der Waals surface area contributed by atoms with E-state index in [2.05, 4.69) is 15.4 Å². The van der Waals surface area contributed by atoms with Gasteiger partial charge in [-0.1, -0.05) is 67.6 Å². The smallest absolute Gasteiger partial charge is 0.408 e. The summed E-state index contributed by atoms with van der Waals surface area (Å²) in [5, 5.41) is 5.27. The highest BCUT2D eigenvalue weighted by Crippen LogP contribution is 2.23. The van der Waals surface area contributed by atoms with Crippen LogP contribution in [0, 0.1) is 0 Å². The van der Waals surface area contributed by atoms with E-state index in [1.54, 1.807) is 51.1 Å². The first-order valence-corrected chi connectivity index (χ1v) is 12.3. The summed E-state index contributed by atoms with van der Waals surface area (Å²) < 4.78 is 10.0.